The first kappa shape index (κ1) is 14.5. The molecule has 1 radical (unpaired) electrons. The summed E-state index contributed by atoms with van der Waals surface area (Å²) in [6.45, 7) is 9.11. The maximum absolute atomic E-state index is 12.4. The second-order valence-corrected chi connectivity index (χ2v) is 8.00. The van der Waals surface area contributed by atoms with E-state index in [1.165, 1.54) is 32.1 Å². The fourth-order valence-electron chi connectivity index (χ4n) is 5.11. The lowest BCUT2D eigenvalue weighted by molar-refractivity contribution is -0.130. The predicted molar refractivity (Wildman–Crippen MR) is 84.0 cm³/mol. The number of amides is 1. The molecule has 3 heterocycles. The molecule has 1 saturated carbocycles. The summed E-state index contributed by atoms with van der Waals surface area (Å²) in [6.07, 6.45) is 7.38. The molecule has 20 heavy (non-hydrogen) atoms. The number of nitrogens with zero attached hydrogens (tertiary/aromatic N) is 1. The largest absolute Gasteiger partial charge is 0.337 e. The van der Waals surface area contributed by atoms with Gasteiger partial charge in [-0.15, -0.1) is 0 Å². The zero-order chi connectivity index (χ0) is 14.5. The SMILES string of the molecule is CC(C)N1C(=O)CC2C3[B]C(C(C)C)(CCCCC21)C3. The van der Waals surface area contributed by atoms with Crippen molar-refractivity contribution in [1.82, 2.24) is 4.90 Å². The van der Waals surface area contributed by atoms with Crippen LogP contribution in [0, 0.1) is 11.8 Å². The molecular formula is C17H29BNO. The van der Waals surface area contributed by atoms with Crippen molar-refractivity contribution in [2.75, 3.05) is 0 Å². The third-order valence-corrected chi connectivity index (χ3v) is 6.36. The summed E-state index contributed by atoms with van der Waals surface area (Å²) in [6, 6.07) is 0.889. The second kappa shape index (κ2) is 5.07. The number of likely N-dealkylation sites (tertiary alicyclic amines) is 1. The van der Waals surface area contributed by atoms with Gasteiger partial charge in [-0.2, -0.15) is 0 Å². The van der Waals surface area contributed by atoms with Gasteiger partial charge < -0.3 is 4.90 Å². The Morgan fingerprint density at radius 2 is 1.95 bits per heavy atom. The molecule has 1 aliphatic carbocycles. The Bertz CT molecular complexity index is 386. The monoisotopic (exact) mass is 274 g/mol. The zero-order valence-electron chi connectivity index (χ0n) is 13.6. The van der Waals surface area contributed by atoms with Gasteiger partial charge in [-0.25, -0.2) is 0 Å². The van der Waals surface area contributed by atoms with E-state index in [1.807, 2.05) is 0 Å². The van der Waals surface area contributed by atoms with Gasteiger partial charge in [0.2, 0.25) is 5.91 Å². The smallest absolute Gasteiger partial charge is 0.223 e. The highest BCUT2D eigenvalue weighted by atomic mass is 16.2. The van der Waals surface area contributed by atoms with Crippen molar-refractivity contribution in [3.05, 3.63) is 0 Å². The summed E-state index contributed by atoms with van der Waals surface area (Å²) >= 11 is 0. The van der Waals surface area contributed by atoms with Gasteiger partial charge in [0.15, 0.2) is 0 Å². The third-order valence-electron chi connectivity index (χ3n) is 6.36. The summed E-state index contributed by atoms with van der Waals surface area (Å²) in [4.78, 5) is 14.6. The van der Waals surface area contributed by atoms with Gasteiger partial charge in [0.1, 0.15) is 7.28 Å². The number of fused-ring (bicyclic) bond motifs is 3. The number of carbonyl (C=O) groups excluding carboxylic acids is 1. The molecule has 3 saturated heterocycles. The van der Waals surface area contributed by atoms with E-state index in [9.17, 15) is 4.79 Å². The van der Waals surface area contributed by atoms with Crippen molar-refractivity contribution in [1.29, 1.82) is 0 Å². The van der Waals surface area contributed by atoms with Gasteiger partial charge in [0, 0.05) is 18.5 Å². The van der Waals surface area contributed by atoms with Gasteiger partial charge in [-0.1, -0.05) is 50.7 Å². The van der Waals surface area contributed by atoms with Crippen molar-refractivity contribution >= 4 is 13.2 Å². The molecule has 0 N–H and O–H groups in total. The highest BCUT2D eigenvalue weighted by Gasteiger charge is 2.54. The predicted octanol–water partition coefficient (Wildman–Crippen LogP) is 3.90. The van der Waals surface area contributed by atoms with Crippen LogP contribution < -0.4 is 0 Å². The van der Waals surface area contributed by atoms with E-state index in [0.29, 0.717) is 35.0 Å². The van der Waals surface area contributed by atoms with Crippen LogP contribution in [0.2, 0.25) is 11.1 Å². The van der Waals surface area contributed by atoms with Crippen LogP contribution in [0.15, 0.2) is 0 Å². The van der Waals surface area contributed by atoms with E-state index in [1.54, 1.807) is 0 Å². The first-order valence-corrected chi connectivity index (χ1v) is 8.62. The van der Waals surface area contributed by atoms with Gasteiger partial charge in [0.25, 0.3) is 0 Å². The fraction of sp³-hybridized carbons (Fsp3) is 0.941. The molecule has 0 aromatic heterocycles. The highest BCUT2D eigenvalue weighted by molar-refractivity contribution is 6.46. The molecule has 0 aromatic carbocycles. The van der Waals surface area contributed by atoms with Crippen LogP contribution in [-0.4, -0.2) is 30.2 Å². The summed E-state index contributed by atoms with van der Waals surface area (Å²) in [5.41, 5.74) is 0. The molecule has 2 nitrogen and oxygen atoms in total. The normalized spacial score (nSPS) is 40.8. The van der Waals surface area contributed by atoms with E-state index in [0.717, 1.165) is 12.3 Å². The van der Waals surface area contributed by atoms with Crippen molar-refractivity contribution in [2.24, 2.45) is 11.8 Å². The van der Waals surface area contributed by atoms with E-state index < -0.39 is 0 Å². The second-order valence-electron chi connectivity index (χ2n) is 8.00. The van der Waals surface area contributed by atoms with Crippen LogP contribution in [0.4, 0.5) is 0 Å². The Labute approximate surface area is 124 Å². The molecule has 3 heteroatoms. The number of carbonyl (C=O) groups is 1. The lowest BCUT2D eigenvalue weighted by Crippen LogP contribution is -2.46. The van der Waals surface area contributed by atoms with E-state index in [-0.39, 0.29) is 0 Å². The average molecular weight is 274 g/mol. The lowest BCUT2D eigenvalue weighted by atomic mass is 9.26. The summed E-state index contributed by atoms with van der Waals surface area (Å²) in [5.74, 6) is 2.47. The minimum atomic E-state index is 0.369. The standard InChI is InChI=1S/C17H29BNO/c1-11(2)17-8-6-5-7-15-13(14(10-17)18-17)9-16(20)19(15)12(3)4/h11-15H,5-10H2,1-4H3. The maximum atomic E-state index is 12.4. The Hall–Kier alpha value is -0.465. The molecule has 4 atom stereocenters. The molecule has 3 aliphatic heterocycles. The molecule has 111 valence electrons. The van der Waals surface area contributed by atoms with E-state index in [2.05, 4.69) is 39.9 Å². The van der Waals surface area contributed by atoms with Crippen LogP contribution in [0.3, 0.4) is 0 Å². The molecule has 1 amide bonds. The molecule has 4 fully saturated rings. The minimum Gasteiger partial charge on any atom is -0.337 e. The van der Waals surface area contributed by atoms with E-state index >= 15 is 0 Å². The fourth-order valence-corrected chi connectivity index (χ4v) is 5.11. The van der Waals surface area contributed by atoms with Crippen LogP contribution in [-0.2, 0) is 4.79 Å². The zero-order valence-corrected chi connectivity index (χ0v) is 13.6. The maximum Gasteiger partial charge on any atom is 0.223 e. The van der Waals surface area contributed by atoms with Crippen molar-refractivity contribution in [3.63, 3.8) is 0 Å². The number of hydrogen-bond acceptors (Lipinski definition) is 1. The van der Waals surface area contributed by atoms with Crippen molar-refractivity contribution < 1.29 is 4.79 Å². The molecule has 0 aromatic rings. The highest BCUT2D eigenvalue weighted by Crippen LogP contribution is 2.62. The molecule has 4 rings (SSSR count). The summed E-state index contributed by atoms with van der Waals surface area (Å²) < 4.78 is 0. The first-order chi connectivity index (χ1) is 9.44. The summed E-state index contributed by atoms with van der Waals surface area (Å²) in [5, 5.41) is 0.494. The number of hydrogen-bond donors (Lipinski definition) is 0. The Balaban J connectivity index is 1.81. The topological polar surface area (TPSA) is 20.3 Å². The molecular weight excluding hydrogens is 245 g/mol. The molecule has 2 bridgehead atoms. The van der Waals surface area contributed by atoms with Crippen LogP contribution in [0.1, 0.15) is 66.2 Å². The van der Waals surface area contributed by atoms with E-state index in [4.69, 9.17) is 0 Å². The Kier molecular flexibility index (Phi) is 3.67. The van der Waals surface area contributed by atoms with Gasteiger partial charge in [-0.05, 0) is 32.1 Å². The lowest BCUT2D eigenvalue weighted by Gasteiger charge is -2.53. The quantitative estimate of drug-likeness (QED) is 0.699. The molecule has 4 unspecified atom stereocenters. The number of rotatable bonds is 2. The van der Waals surface area contributed by atoms with Crippen LogP contribution in [0.5, 0.6) is 0 Å². The third kappa shape index (κ3) is 2.12. The summed E-state index contributed by atoms with van der Waals surface area (Å²) in [7, 11) is 2.65. The van der Waals surface area contributed by atoms with Gasteiger partial charge >= 0.3 is 0 Å². The van der Waals surface area contributed by atoms with Crippen molar-refractivity contribution in [2.45, 2.75) is 89.4 Å². The average Bonchev–Trinajstić information content (AvgIpc) is 2.66. The first-order valence-electron chi connectivity index (χ1n) is 8.62. The molecule has 4 aliphatic rings. The van der Waals surface area contributed by atoms with Crippen LogP contribution in [0.25, 0.3) is 0 Å². The molecule has 0 spiro atoms. The minimum absolute atomic E-state index is 0.369. The Morgan fingerprint density at radius 1 is 1.25 bits per heavy atom. The Morgan fingerprint density at radius 3 is 2.55 bits per heavy atom. The van der Waals surface area contributed by atoms with Crippen LogP contribution >= 0.6 is 0 Å². The van der Waals surface area contributed by atoms with Gasteiger partial charge in [-0.3, -0.25) is 4.79 Å². The van der Waals surface area contributed by atoms with Gasteiger partial charge in [0.05, 0.1) is 0 Å². The van der Waals surface area contributed by atoms with Crippen molar-refractivity contribution in [3.8, 4) is 0 Å².